The lowest BCUT2D eigenvalue weighted by Crippen LogP contribution is -2.54. The van der Waals surface area contributed by atoms with Crippen LogP contribution in [0.1, 0.15) is 72.8 Å². The van der Waals surface area contributed by atoms with Crippen LogP contribution in [0, 0.1) is 0 Å². The number of amides is 1. The van der Waals surface area contributed by atoms with Gasteiger partial charge in [0.1, 0.15) is 17.7 Å². The molecule has 2 saturated heterocycles. The van der Waals surface area contributed by atoms with Crippen LogP contribution in [0.25, 0.3) is 0 Å². The smallest absolute Gasteiger partial charge is 0.411 e. The summed E-state index contributed by atoms with van der Waals surface area (Å²) >= 11 is 0. The molecule has 0 spiro atoms. The van der Waals surface area contributed by atoms with Gasteiger partial charge in [0.25, 0.3) is 0 Å². The Morgan fingerprint density at radius 1 is 0.935 bits per heavy atom. The van der Waals surface area contributed by atoms with Gasteiger partial charge in [0.2, 0.25) is 0 Å². The Hall–Kier alpha value is -2.08. The molecule has 6 nitrogen and oxygen atoms in total. The largest absolute Gasteiger partial charge is 0.459 e. The van der Waals surface area contributed by atoms with Crippen LogP contribution in [0.4, 0.5) is 4.79 Å². The van der Waals surface area contributed by atoms with Gasteiger partial charge in [-0.25, -0.2) is 4.79 Å². The normalized spacial score (nSPS) is 24.0. The molecule has 1 aromatic carbocycles. The second-order valence-electron chi connectivity index (χ2n) is 10.9. The maximum Gasteiger partial charge on any atom is 0.411 e. The van der Waals surface area contributed by atoms with Crippen molar-refractivity contribution < 1.29 is 19.1 Å². The van der Waals surface area contributed by atoms with Gasteiger partial charge in [0.05, 0.1) is 0 Å². The molecule has 1 amide bonds. The summed E-state index contributed by atoms with van der Waals surface area (Å²) in [7, 11) is 0. The predicted octanol–water partition coefficient (Wildman–Crippen LogP) is 4.76. The van der Waals surface area contributed by atoms with E-state index in [1.807, 2.05) is 47.6 Å². The van der Waals surface area contributed by atoms with Gasteiger partial charge in [-0.2, -0.15) is 0 Å². The summed E-state index contributed by atoms with van der Waals surface area (Å²) in [6.07, 6.45) is 3.53. The van der Waals surface area contributed by atoms with Gasteiger partial charge < -0.3 is 9.47 Å². The zero-order valence-electron chi connectivity index (χ0n) is 19.9. The Morgan fingerprint density at radius 3 is 2.00 bits per heavy atom. The van der Waals surface area contributed by atoms with Crippen molar-refractivity contribution in [2.24, 2.45) is 0 Å². The van der Waals surface area contributed by atoms with Crippen LogP contribution in [0.2, 0.25) is 0 Å². The van der Waals surface area contributed by atoms with Gasteiger partial charge in [-0.15, -0.1) is 0 Å². The molecule has 2 aliphatic heterocycles. The Kier molecular flexibility index (Phi) is 6.99. The molecule has 2 bridgehead atoms. The van der Waals surface area contributed by atoms with Crippen molar-refractivity contribution in [2.75, 3.05) is 6.54 Å². The number of hydrogen-bond acceptors (Lipinski definition) is 5. The number of carbonyl (C=O) groups excluding carboxylic acids is 2. The topological polar surface area (TPSA) is 59.1 Å². The van der Waals surface area contributed by atoms with E-state index in [9.17, 15) is 9.59 Å². The first-order valence-electron chi connectivity index (χ1n) is 11.4. The predicted molar refractivity (Wildman–Crippen MR) is 121 cm³/mol. The van der Waals surface area contributed by atoms with E-state index in [2.05, 4.69) is 29.2 Å². The molecule has 3 rings (SSSR count). The van der Waals surface area contributed by atoms with Crippen LogP contribution in [0.15, 0.2) is 30.3 Å². The summed E-state index contributed by atoms with van der Waals surface area (Å²) in [6.45, 7) is 11.9. The van der Waals surface area contributed by atoms with Crippen LogP contribution in [-0.2, 0) is 20.8 Å². The molecule has 0 aromatic heterocycles. The van der Waals surface area contributed by atoms with Crippen LogP contribution in [0.5, 0.6) is 0 Å². The minimum Gasteiger partial charge on any atom is -0.459 e. The van der Waals surface area contributed by atoms with Crippen LogP contribution in [-0.4, -0.2) is 57.7 Å². The van der Waals surface area contributed by atoms with Crippen molar-refractivity contribution >= 4 is 12.1 Å². The fourth-order valence-corrected chi connectivity index (χ4v) is 4.73. The Labute approximate surface area is 186 Å². The minimum atomic E-state index is -0.615. The number of fused-ring (bicyclic) bond motifs is 2. The maximum absolute atomic E-state index is 13.0. The average molecular weight is 431 g/mol. The van der Waals surface area contributed by atoms with Crippen LogP contribution >= 0.6 is 0 Å². The maximum atomic E-state index is 13.0. The molecule has 0 N–H and O–H groups in total. The third kappa shape index (κ3) is 6.70. The van der Waals surface area contributed by atoms with Gasteiger partial charge in [-0.05, 0) is 72.8 Å². The SMILES string of the molecule is CC(C)(C)OC(=O)CN(C(=O)OC(C)(C)C)C1C[C@H]2CC[C@@H](C1)N2Cc1ccccc1. The fourth-order valence-electron chi connectivity index (χ4n) is 4.73. The molecule has 1 aromatic rings. The molecule has 0 radical (unpaired) electrons. The lowest BCUT2D eigenvalue weighted by atomic mass is 9.95. The highest BCUT2D eigenvalue weighted by molar-refractivity contribution is 5.78. The molecule has 2 aliphatic rings. The second-order valence-corrected chi connectivity index (χ2v) is 10.9. The first-order chi connectivity index (χ1) is 14.4. The molecule has 2 fully saturated rings. The van der Waals surface area contributed by atoms with Crippen molar-refractivity contribution in [1.29, 1.82) is 0 Å². The number of ether oxygens (including phenoxy) is 2. The third-order valence-corrected chi connectivity index (χ3v) is 5.86. The number of rotatable bonds is 5. The first kappa shape index (κ1) is 23.6. The minimum absolute atomic E-state index is 0.0214. The molecule has 6 heteroatoms. The molecule has 3 atom stereocenters. The number of hydrogen-bond donors (Lipinski definition) is 0. The highest BCUT2D eigenvalue weighted by atomic mass is 16.6. The molecule has 31 heavy (non-hydrogen) atoms. The Bertz CT molecular complexity index is 752. The summed E-state index contributed by atoms with van der Waals surface area (Å²) < 4.78 is 11.2. The van der Waals surface area contributed by atoms with Gasteiger partial charge in [-0.1, -0.05) is 30.3 Å². The van der Waals surface area contributed by atoms with E-state index in [4.69, 9.17) is 9.47 Å². The number of nitrogens with zero attached hydrogens (tertiary/aromatic N) is 2. The van der Waals surface area contributed by atoms with Crippen LogP contribution < -0.4 is 0 Å². The van der Waals surface area contributed by atoms with E-state index in [-0.39, 0.29) is 12.6 Å². The van der Waals surface area contributed by atoms with Crippen molar-refractivity contribution in [3.05, 3.63) is 35.9 Å². The Morgan fingerprint density at radius 2 is 1.48 bits per heavy atom. The highest BCUT2D eigenvalue weighted by Gasteiger charge is 2.44. The zero-order valence-corrected chi connectivity index (χ0v) is 19.9. The summed E-state index contributed by atoms with van der Waals surface area (Å²) in [5.74, 6) is -0.391. The standard InChI is InChI=1S/C25H38N2O4/c1-24(2,3)30-22(28)17-27(23(29)31-25(4,5)6)21-14-19-12-13-20(15-21)26(19)16-18-10-8-7-9-11-18/h7-11,19-21H,12-17H2,1-6H3/t19-,20+,21?. The van der Waals surface area contributed by atoms with Gasteiger partial charge in [0.15, 0.2) is 0 Å². The Balaban J connectivity index is 1.72. The average Bonchev–Trinajstić information content (AvgIpc) is 2.85. The molecule has 2 heterocycles. The fraction of sp³-hybridized carbons (Fsp3) is 0.680. The van der Waals surface area contributed by atoms with Crippen molar-refractivity contribution in [1.82, 2.24) is 9.80 Å². The van der Waals surface area contributed by atoms with Gasteiger partial charge >= 0.3 is 12.1 Å². The number of esters is 1. The second kappa shape index (κ2) is 9.19. The van der Waals surface area contributed by atoms with Gasteiger partial charge in [0, 0.05) is 24.7 Å². The summed E-state index contributed by atoms with van der Waals surface area (Å²) in [6, 6.07) is 11.3. The number of benzene rings is 1. The lowest BCUT2D eigenvalue weighted by molar-refractivity contribution is -0.157. The molecule has 0 aliphatic carbocycles. The number of carbonyl (C=O) groups is 2. The van der Waals surface area contributed by atoms with E-state index in [1.165, 1.54) is 5.56 Å². The molecular formula is C25H38N2O4. The van der Waals surface area contributed by atoms with E-state index >= 15 is 0 Å². The quantitative estimate of drug-likeness (QED) is 0.630. The monoisotopic (exact) mass is 430 g/mol. The lowest BCUT2D eigenvalue weighted by Gasteiger charge is -2.43. The molecular weight excluding hydrogens is 392 g/mol. The van der Waals surface area contributed by atoms with Crippen molar-refractivity contribution in [2.45, 2.75) is 103 Å². The third-order valence-electron chi connectivity index (χ3n) is 5.86. The molecule has 0 saturated carbocycles. The van der Waals surface area contributed by atoms with Crippen molar-refractivity contribution in [3.8, 4) is 0 Å². The highest BCUT2D eigenvalue weighted by Crippen LogP contribution is 2.39. The van der Waals surface area contributed by atoms with Crippen molar-refractivity contribution in [3.63, 3.8) is 0 Å². The van der Waals surface area contributed by atoms with Crippen LogP contribution in [0.3, 0.4) is 0 Å². The zero-order chi connectivity index (χ0) is 22.8. The summed E-state index contributed by atoms with van der Waals surface area (Å²) in [5.41, 5.74) is 0.112. The number of piperidine rings is 1. The summed E-state index contributed by atoms with van der Waals surface area (Å²) in [4.78, 5) is 29.8. The first-order valence-corrected chi connectivity index (χ1v) is 11.4. The van der Waals surface area contributed by atoms with E-state index < -0.39 is 23.3 Å². The van der Waals surface area contributed by atoms with E-state index in [1.54, 1.807) is 4.90 Å². The van der Waals surface area contributed by atoms with E-state index in [0.29, 0.717) is 12.1 Å². The summed E-state index contributed by atoms with van der Waals surface area (Å²) in [5, 5.41) is 0. The molecule has 172 valence electrons. The molecule has 1 unspecified atom stereocenters. The van der Waals surface area contributed by atoms with Gasteiger partial charge in [-0.3, -0.25) is 14.6 Å². The van der Waals surface area contributed by atoms with E-state index in [0.717, 1.165) is 32.2 Å².